The molecule has 0 aliphatic carbocycles. The summed E-state index contributed by atoms with van der Waals surface area (Å²) >= 11 is 0. The number of hydrogen-bond donors (Lipinski definition) is 2. The average Bonchev–Trinajstić information content (AvgIpc) is 2.81. The molecule has 0 aliphatic rings. The van der Waals surface area contributed by atoms with Crippen molar-refractivity contribution in [1.82, 2.24) is 0 Å². The molecule has 0 aromatic heterocycles. The highest BCUT2D eigenvalue weighted by atomic mass is 16.5. The standard InChI is InChI=1S/C27H25N3O3/c1-18-7-11-23(12-8-18)29-27(32)22(16-28)15-21-9-13-24(14-10-21)33-17-26(31)30-25-6-4-5-19(2)20(25)3/h4-15H,17H2,1-3H3,(H,29,32)(H,30,31)/b22-15-. The van der Waals surface area contributed by atoms with E-state index in [1.807, 2.05) is 57.2 Å². The summed E-state index contributed by atoms with van der Waals surface area (Å²) < 4.78 is 5.56. The van der Waals surface area contributed by atoms with Crippen molar-refractivity contribution in [2.45, 2.75) is 20.8 Å². The molecule has 6 nitrogen and oxygen atoms in total. The number of carbonyl (C=O) groups excluding carboxylic acids is 2. The molecule has 0 saturated heterocycles. The van der Waals surface area contributed by atoms with E-state index < -0.39 is 5.91 Å². The topological polar surface area (TPSA) is 91.2 Å². The lowest BCUT2D eigenvalue weighted by molar-refractivity contribution is -0.118. The second-order valence-corrected chi connectivity index (χ2v) is 7.64. The first-order chi connectivity index (χ1) is 15.9. The van der Waals surface area contributed by atoms with E-state index in [4.69, 9.17) is 4.74 Å². The molecule has 2 amide bonds. The zero-order valence-electron chi connectivity index (χ0n) is 18.8. The average molecular weight is 440 g/mol. The predicted molar refractivity (Wildman–Crippen MR) is 130 cm³/mol. The molecule has 0 unspecified atom stereocenters. The highest BCUT2D eigenvalue weighted by Crippen LogP contribution is 2.19. The van der Waals surface area contributed by atoms with Gasteiger partial charge < -0.3 is 15.4 Å². The van der Waals surface area contributed by atoms with Gasteiger partial charge in [-0.15, -0.1) is 0 Å². The molecule has 0 radical (unpaired) electrons. The second kappa shape index (κ2) is 10.8. The van der Waals surface area contributed by atoms with Gasteiger partial charge >= 0.3 is 0 Å². The van der Waals surface area contributed by atoms with Gasteiger partial charge in [0, 0.05) is 11.4 Å². The highest BCUT2D eigenvalue weighted by molar-refractivity contribution is 6.09. The Bertz CT molecular complexity index is 1220. The van der Waals surface area contributed by atoms with Crippen LogP contribution >= 0.6 is 0 Å². The molecule has 33 heavy (non-hydrogen) atoms. The van der Waals surface area contributed by atoms with Gasteiger partial charge in [0.15, 0.2) is 6.61 Å². The summed E-state index contributed by atoms with van der Waals surface area (Å²) in [6.45, 7) is 5.76. The van der Waals surface area contributed by atoms with E-state index in [9.17, 15) is 14.9 Å². The fraction of sp³-hybridized carbons (Fsp3) is 0.148. The number of ether oxygens (including phenoxy) is 1. The van der Waals surface area contributed by atoms with E-state index in [1.165, 1.54) is 6.08 Å². The van der Waals surface area contributed by atoms with Crippen LogP contribution in [0.25, 0.3) is 6.08 Å². The van der Waals surface area contributed by atoms with Crippen molar-refractivity contribution in [2.75, 3.05) is 17.2 Å². The second-order valence-electron chi connectivity index (χ2n) is 7.64. The number of amides is 2. The lowest BCUT2D eigenvalue weighted by Gasteiger charge is -2.11. The van der Waals surface area contributed by atoms with Crippen LogP contribution in [-0.2, 0) is 9.59 Å². The molecular weight excluding hydrogens is 414 g/mol. The van der Waals surface area contributed by atoms with Gasteiger partial charge in [-0.25, -0.2) is 0 Å². The van der Waals surface area contributed by atoms with Crippen molar-refractivity contribution in [3.8, 4) is 11.8 Å². The minimum absolute atomic E-state index is 0.0165. The molecular formula is C27H25N3O3. The summed E-state index contributed by atoms with van der Waals surface area (Å²) in [5.74, 6) is -0.233. The molecule has 6 heteroatoms. The molecule has 3 aromatic carbocycles. The van der Waals surface area contributed by atoms with Crippen LogP contribution in [0, 0.1) is 32.1 Å². The summed E-state index contributed by atoms with van der Waals surface area (Å²) in [5, 5.41) is 15.0. The number of nitrogens with one attached hydrogen (secondary N) is 2. The SMILES string of the molecule is Cc1ccc(NC(=O)/C(C#N)=C\c2ccc(OCC(=O)Nc3cccc(C)c3C)cc2)cc1. The summed E-state index contributed by atoms with van der Waals surface area (Å²) in [4.78, 5) is 24.6. The van der Waals surface area contributed by atoms with E-state index in [-0.39, 0.29) is 18.1 Å². The number of anilines is 2. The maximum Gasteiger partial charge on any atom is 0.266 e. The Morgan fingerprint density at radius 1 is 0.939 bits per heavy atom. The fourth-order valence-corrected chi connectivity index (χ4v) is 3.03. The quantitative estimate of drug-likeness (QED) is 0.392. The molecule has 3 rings (SSSR count). The molecule has 3 aromatic rings. The molecule has 0 fully saturated rings. The van der Waals surface area contributed by atoms with Gasteiger partial charge in [0.2, 0.25) is 0 Å². The third kappa shape index (κ3) is 6.55. The van der Waals surface area contributed by atoms with Crippen molar-refractivity contribution in [1.29, 1.82) is 5.26 Å². The third-order valence-corrected chi connectivity index (χ3v) is 5.11. The first kappa shape index (κ1) is 23.3. The monoisotopic (exact) mass is 439 g/mol. The van der Waals surface area contributed by atoms with E-state index in [0.29, 0.717) is 17.0 Å². The number of rotatable bonds is 7. The molecule has 0 saturated carbocycles. The zero-order valence-corrected chi connectivity index (χ0v) is 18.8. The molecule has 2 N–H and O–H groups in total. The van der Waals surface area contributed by atoms with Crippen LogP contribution in [0.15, 0.2) is 72.3 Å². The van der Waals surface area contributed by atoms with Crippen LogP contribution < -0.4 is 15.4 Å². The van der Waals surface area contributed by atoms with Gasteiger partial charge in [0.25, 0.3) is 11.8 Å². The number of nitriles is 1. The van der Waals surface area contributed by atoms with E-state index in [2.05, 4.69) is 10.6 Å². The van der Waals surface area contributed by atoms with Crippen LogP contribution in [0.2, 0.25) is 0 Å². The van der Waals surface area contributed by atoms with Gasteiger partial charge in [-0.2, -0.15) is 5.26 Å². The van der Waals surface area contributed by atoms with Gasteiger partial charge in [-0.1, -0.05) is 42.0 Å². The van der Waals surface area contributed by atoms with Gasteiger partial charge in [-0.3, -0.25) is 9.59 Å². The Labute approximate surface area is 193 Å². The number of nitrogens with zero attached hydrogens (tertiary/aromatic N) is 1. The zero-order chi connectivity index (χ0) is 23.8. The minimum atomic E-state index is -0.482. The van der Waals surface area contributed by atoms with Crippen LogP contribution in [0.5, 0.6) is 5.75 Å². The van der Waals surface area contributed by atoms with Crippen LogP contribution in [0.1, 0.15) is 22.3 Å². The number of benzene rings is 3. The van der Waals surface area contributed by atoms with Crippen molar-refractivity contribution >= 4 is 29.3 Å². The third-order valence-electron chi connectivity index (χ3n) is 5.11. The normalized spacial score (nSPS) is 10.8. The number of aryl methyl sites for hydroxylation is 2. The maximum atomic E-state index is 12.4. The molecule has 0 aliphatic heterocycles. The van der Waals surface area contributed by atoms with Crippen molar-refractivity contribution in [2.24, 2.45) is 0 Å². The maximum absolute atomic E-state index is 12.4. The summed E-state index contributed by atoms with van der Waals surface area (Å²) in [5.41, 5.74) is 5.22. The number of carbonyl (C=O) groups is 2. The van der Waals surface area contributed by atoms with E-state index in [1.54, 1.807) is 36.4 Å². The van der Waals surface area contributed by atoms with Crippen molar-refractivity contribution in [3.63, 3.8) is 0 Å². The van der Waals surface area contributed by atoms with Crippen molar-refractivity contribution in [3.05, 3.63) is 94.6 Å². The molecule has 166 valence electrons. The predicted octanol–water partition coefficient (Wildman–Crippen LogP) is 5.18. The van der Waals surface area contributed by atoms with Crippen LogP contribution in [0.3, 0.4) is 0 Å². The van der Waals surface area contributed by atoms with Gasteiger partial charge in [0.1, 0.15) is 17.4 Å². The first-order valence-corrected chi connectivity index (χ1v) is 10.4. The summed E-state index contributed by atoms with van der Waals surface area (Å²) in [6.07, 6.45) is 1.50. The fourth-order valence-electron chi connectivity index (χ4n) is 3.03. The smallest absolute Gasteiger partial charge is 0.266 e. The van der Waals surface area contributed by atoms with Gasteiger partial charge in [-0.05, 0) is 73.9 Å². The van der Waals surface area contributed by atoms with E-state index >= 15 is 0 Å². The summed E-state index contributed by atoms with van der Waals surface area (Å²) in [6, 6.07) is 21.8. The lowest BCUT2D eigenvalue weighted by atomic mass is 10.1. The Morgan fingerprint density at radius 3 is 2.30 bits per heavy atom. The Balaban J connectivity index is 1.58. The molecule has 0 heterocycles. The molecule has 0 bridgehead atoms. The Kier molecular flexibility index (Phi) is 7.61. The van der Waals surface area contributed by atoms with Crippen LogP contribution in [0.4, 0.5) is 11.4 Å². The Morgan fingerprint density at radius 2 is 1.64 bits per heavy atom. The Hall–Kier alpha value is -4.37. The molecule has 0 spiro atoms. The lowest BCUT2D eigenvalue weighted by Crippen LogP contribution is -2.20. The first-order valence-electron chi connectivity index (χ1n) is 10.4. The van der Waals surface area contributed by atoms with Crippen molar-refractivity contribution < 1.29 is 14.3 Å². The molecule has 0 atom stereocenters. The van der Waals surface area contributed by atoms with Gasteiger partial charge in [0.05, 0.1) is 0 Å². The van der Waals surface area contributed by atoms with E-state index in [0.717, 1.165) is 22.4 Å². The highest BCUT2D eigenvalue weighted by Gasteiger charge is 2.10. The largest absolute Gasteiger partial charge is 0.484 e. The number of hydrogen-bond acceptors (Lipinski definition) is 4. The van der Waals surface area contributed by atoms with Crippen LogP contribution in [-0.4, -0.2) is 18.4 Å². The summed E-state index contributed by atoms with van der Waals surface area (Å²) in [7, 11) is 0. The minimum Gasteiger partial charge on any atom is -0.484 e.